The van der Waals surface area contributed by atoms with Crippen LogP contribution in [0.5, 0.6) is 5.75 Å². The Morgan fingerprint density at radius 3 is 2.54 bits per heavy atom. The Hall–Kier alpha value is -3.51. The number of nitrogens with zero attached hydrogens (tertiary/aromatic N) is 2. The highest BCUT2D eigenvalue weighted by molar-refractivity contribution is 7.92. The molecule has 1 N–H and O–H groups in total. The molecule has 0 saturated carbocycles. The van der Waals surface area contributed by atoms with Gasteiger partial charge in [-0.3, -0.25) is 9.10 Å². The molecule has 41 heavy (non-hydrogen) atoms. The van der Waals surface area contributed by atoms with Crippen molar-refractivity contribution < 1.29 is 40.6 Å². The van der Waals surface area contributed by atoms with E-state index in [0.29, 0.717) is 41.9 Å². The largest absolute Gasteiger partial charge is 0.486 e. The van der Waals surface area contributed by atoms with E-state index in [4.69, 9.17) is 21.4 Å². The van der Waals surface area contributed by atoms with E-state index in [1.54, 1.807) is 24.3 Å². The summed E-state index contributed by atoms with van der Waals surface area (Å²) in [6.45, 7) is 0.633. The van der Waals surface area contributed by atoms with E-state index in [9.17, 15) is 30.8 Å². The van der Waals surface area contributed by atoms with E-state index in [1.165, 1.54) is 12.1 Å². The summed E-state index contributed by atoms with van der Waals surface area (Å²) < 4.78 is 89.1. The zero-order chi connectivity index (χ0) is 29.5. The van der Waals surface area contributed by atoms with Crippen LogP contribution in [0.2, 0.25) is 5.02 Å². The summed E-state index contributed by atoms with van der Waals surface area (Å²) in [6, 6.07) is 12.8. The van der Waals surface area contributed by atoms with E-state index < -0.39 is 44.5 Å². The number of fused-ring (bicyclic) bond motifs is 1. The number of anilines is 2. The Bertz CT molecular complexity index is 1560. The van der Waals surface area contributed by atoms with Gasteiger partial charge in [0.05, 0.1) is 22.7 Å². The second-order valence-corrected chi connectivity index (χ2v) is 12.2. The molecule has 2 heterocycles. The molecule has 0 aliphatic carbocycles. The number of carbonyl (C=O) groups is 1. The molecule has 3 aromatic rings. The minimum absolute atomic E-state index is 0.0116. The molecule has 13 heteroatoms. The zero-order valence-corrected chi connectivity index (χ0v) is 23.0. The molecule has 1 fully saturated rings. The predicted molar refractivity (Wildman–Crippen MR) is 145 cm³/mol. The van der Waals surface area contributed by atoms with Crippen molar-refractivity contribution in [1.29, 1.82) is 0 Å². The van der Waals surface area contributed by atoms with E-state index in [-0.39, 0.29) is 36.7 Å². The van der Waals surface area contributed by atoms with Gasteiger partial charge in [-0.25, -0.2) is 12.8 Å². The highest BCUT2D eigenvalue weighted by Gasteiger charge is 2.38. The van der Waals surface area contributed by atoms with Crippen molar-refractivity contribution in [3.05, 3.63) is 82.6 Å². The van der Waals surface area contributed by atoms with Crippen molar-refractivity contribution in [3.8, 4) is 5.75 Å². The van der Waals surface area contributed by atoms with Crippen LogP contribution in [0.4, 0.5) is 28.9 Å². The van der Waals surface area contributed by atoms with Crippen LogP contribution in [-0.4, -0.2) is 45.2 Å². The average molecular weight is 613 g/mol. The summed E-state index contributed by atoms with van der Waals surface area (Å²) in [5.74, 6) is -1.56. The van der Waals surface area contributed by atoms with Crippen LogP contribution >= 0.6 is 11.6 Å². The fraction of sp³-hybridized carbons (Fsp3) is 0.321. The number of carboxylic acid groups (broad SMARTS) is 1. The summed E-state index contributed by atoms with van der Waals surface area (Å²) in [5.41, 5.74) is 0.0144. The molecular formula is C28H25ClF4N2O5S. The first kappa shape index (κ1) is 29.0. The standard InChI is InChI=1S/C28H25ClF4N2O5S/c29-22-5-2-6-23(30)27(22)17-11-12-34(15-17)19-7-9-25-24(14-19)35(16-20(40-25)8-10-26(36)37)41(38,39)21-4-1-3-18(13-21)28(31,32)33/h1-7,9,13-14,17,20H,8,10-12,15-16H2,(H,36,37)/t17?,20-/m0/s1. The summed E-state index contributed by atoms with van der Waals surface area (Å²) in [6.07, 6.45) is -5.30. The Morgan fingerprint density at radius 2 is 1.83 bits per heavy atom. The molecule has 0 bridgehead atoms. The van der Waals surface area contributed by atoms with Crippen LogP contribution in [0, 0.1) is 5.82 Å². The van der Waals surface area contributed by atoms with Gasteiger partial charge in [-0.05, 0) is 61.4 Å². The van der Waals surface area contributed by atoms with Crippen molar-refractivity contribution in [1.82, 2.24) is 0 Å². The van der Waals surface area contributed by atoms with Crippen LogP contribution in [0.1, 0.15) is 36.3 Å². The van der Waals surface area contributed by atoms with Crippen LogP contribution in [0.3, 0.4) is 0 Å². The van der Waals surface area contributed by atoms with Crippen molar-refractivity contribution in [2.75, 3.05) is 28.8 Å². The first-order chi connectivity index (χ1) is 19.3. The number of hydrogen-bond donors (Lipinski definition) is 1. The second kappa shape index (κ2) is 11.1. The third-order valence-corrected chi connectivity index (χ3v) is 9.37. The molecule has 0 aromatic heterocycles. The van der Waals surface area contributed by atoms with E-state index >= 15 is 0 Å². The first-order valence-electron chi connectivity index (χ1n) is 12.8. The fourth-order valence-corrected chi connectivity index (χ4v) is 7.11. The summed E-state index contributed by atoms with van der Waals surface area (Å²) in [7, 11) is -4.51. The number of benzene rings is 3. The van der Waals surface area contributed by atoms with Gasteiger partial charge in [-0.2, -0.15) is 13.2 Å². The van der Waals surface area contributed by atoms with Crippen molar-refractivity contribution in [2.24, 2.45) is 0 Å². The maximum atomic E-state index is 14.6. The number of rotatable bonds is 7. The second-order valence-electron chi connectivity index (χ2n) is 9.95. The number of hydrogen-bond acceptors (Lipinski definition) is 5. The Morgan fingerprint density at radius 1 is 1.07 bits per heavy atom. The van der Waals surface area contributed by atoms with Crippen LogP contribution in [0.15, 0.2) is 65.6 Å². The third kappa shape index (κ3) is 5.94. The number of carboxylic acids is 1. The van der Waals surface area contributed by atoms with Crippen molar-refractivity contribution >= 4 is 39.0 Å². The summed E-state index contributed by atoms with van der Waals surface area (Å²) >= 11 is 6.27. The SMILES string of the molecule is O=C(O)CC[C@H]1CN(S(=O)(=O)c2cccc(C(F)(F)F)c2)c2cc(N3CCC(c4c(F)cccc4Cl)C3)ccc2O1. The van der Waals surface area contributed by atoms with Gasteiger partial charge in [0.1, 0.15) is 17.7 Å². The van der Waals surface area contributed by atoms with E-state index in [0.717, 1.165) is 22.5 Å². The highest BCUT2D eigenvalue weighted by Crippen LogP contribution is 2.43. The number of aliphatic carboxylic acids is 1. The Kier molecular flexibility index (Phi) is 7.82. The van der Waals surface area contributed by atoms with Gasteiger partial charge in [0.2, 0.25) is 0 Å². The van der Waals surface area contributed by atoms with Crippen molar-refractivity contribution in [2.45, 2.75) is 42.4 Å². The van der Waals surface area contributed by atoms with Crippen molar-refractivity contribution in [3.63, 3.8) is 0 Å². The summed E-state index contributed by atoms with van der Waals surface area (Å²) in [4.78, 5) is 12.5. The van der Waals surface area contributed by atoms with Crippen LogP contribution < -0.4 is 13.9 Å². The van der Waals surface area contributed by atoms with E-state index in [1.807, 2.05) is 4.90 Å². The average Bonchev–Trinajstić information content (AvgIpc) is 3.40. The first-order valence-corrected chi connectivity index (χ1v) is 14.6. The zero-order valence-electron chi connectivity index (χ0n) is 21.4. The number of alkyl halides is 3. The maximum absolute atomic E-state index is 14.6. The van der Waals surface area contributed by atoms with Gasteiger partial charge >= 0.3 is 12.1 Å². The van der Waals surface area contributed by atoms with Gasteiger partial charge in [-0.15, -0.1) is 0 Å². The highest BCUT2D eigenvalue weighted by atomic mass is 35.5. The Balaban J connectivity index is 1.50. The number of sulfonamides is 1. The monoisotopic (exact) mass is 612 g/mol. The molecule has 0 radical (unpaired) electrons. The minimum Gasteiger partial charge on any atom is -0.486 e. The lowest BCUT2D eigenvalue weighted by Gasteiger charge is -2.36. The molecule has 0 spiro atoms. The molecule has 2 atom stereocenters. The minimum atomic E-state index is -4.75. The lowest BCUT2D eigenvalue weighted by Crippen LogP contribution is -2.43. The molecule has 7 nitrogen and oxygen atoms in total. The fourth-order valence-electron chi connectivity index (χ4n) is 5.25. The lowest BCUT2D eigenvalue weighted by molar-refractivity contribution is -0.138. The van der Waals surface area contributed by atoms with Gasteiger partial charge in [0, 0.05) is 41.7 Å². The third-order valence-electron chi connectivity index (χ3n) is 7.27. The quantitative estimate of drug-likeness (QED) is 0.315. The van der Waals surface area contributed by atoms with Gasteiger partial charge in [-0.1, -0.05) is 23.7 Å². The maximum Gasteiger partial charge on any atom is 0.416 e. The molecular weight excluding hydrogens is 588 g/mol. The normalized spacial score (nSPS) is 19.1. The molecule has 5 rings (SSSR count). The number of ether oxygens (including phenoxy) is 1. The molecule has 1 saturated heterocycles. The smallest absolute Gasteiger partial charge is 0.416 e. The van der Waals surface area contributed by atoms with E-state index in [2.05, 4.69) is 0 Å². The molecule has 1 unspecified atom stereocenters. The summed E-state index contributed by atoms with van der Waals surface area (Å²) in [5, 5.41) is 9.44. The Labute approximate surface area is 238 Å². The molecule has 2 aliphatic rings. The molecule has 3 aromatic carbocycles. The molecule has 218 valence electrons. The molecule has 2 aliphatic heterocycles. The van der Waals surface area contributed by atoms with Gasteiger partial charge in [0.15, 0.2) is 0 Å². The molecule has 0 amide bonds. The predicted octanol–water partition coefficient (Wildman–Crippen LogP) is 6.31. The van der Waals surface area contributed by atoms with Crippen LogP contribution in [-0.2, 0) is 21.0 Å². The lowest BCUT2D eigenvalue weighted by atomic mass is 9.98. The van der Waals surface area contributed by atoms with Gasteiger partial charge < -0.3 is 14.7 Å². The van der Waals surface area contributed by atoms with Crippen LogP contribution in [0.25, 0.3) is 0 Å². The number of halogens is 5. The van der Waals surface area contributed by atoms with Gasteiger partial charge in [0.25, 0.3) is 10.0 Å². The topological polar surface area (TPSA) is 87.2 Å².